The average molecular weight is 382 g/mol. The number of carbonyl (C=O) groups excluding carboxylic acids is 1. The Bertz CT molecular complexity index is 805. The van der Waals surface area contributed by atoms with Crippen molar-refractivity contribution >= 4 is 17.7 Å². The summed E-state index contributed by atoms with van der Waals surface area (Å²) in [5.41, 5.74) is 0.540. The number of amides is 1. The highest BCUT2D eigenvalue weighted by atomic mass is 32.2. The molecule has 1 aromatic heterocycles. The van der Waals surface area contributed by atoms with Gasteiger partial charge >= 0.3 is 6.18 Å². The number of hydrogen-bond acceptors (Lipinski definition) is 4. The molecular weight excluding hydrogens is 365 g/mol. The zero-order valence-corrected chi connectivity index (χ0v) is 14.5. The maximum atomic E-state index is 12.6. The molecule has 1 amide bonds. The van der Waals surface area contributed by atoms with E-state index in [4.69, 9.17) is 0 Å². The van der Waals surface area contributed by atoms with Gasteiger partial charge in [0.2, 0.25) is 5.82 Å². The van der Waals surface area contributed by atoms with E-state index in [0.29, 0.717) is 22.7 Å². The second-order valence-corrected chi connectivity index (χ2v) is 7.70. The quantitative estimate of drug-likeness (QED) is 0.760. The topological polar surface area (TPSA) is 69.8 Å². The van der Waals surface area contributed by atoms with Gasteiger partial charge in [0.05, 0.1) is 11.2 Å². The molecule has 2 aliphatic rings. The Morgan fingerprint density at radius 2 is 2.00 bits per heavy atom. The highest BCUT2D eigenvalue weighted by molar-refractivity contribution is 7.99. The number of fused-ring (bicyclic) bond motifs is 2. The van der Waals surface area contributed by atoms with Gasteiger partial charge in [-0.3, -0.25) is 4.79 Å². The van der Waals surface area contributed by atoms with Crippen LogP contribution in [0.15, 0.2) is 40.4 Å². The van der Waals surface area contributed by atoms with Crippen molar-refractivity contribution in [2.75, 3.05) is 0 Å². The van der Waals surface area contributed by atoms with Crippen molar-refractivity contribution in [2.45, 2.75) is 53.5 Å². The molecule has 2 saturated heterocycles. The number of rotatable bonds is 4. The van der Waals surface area contributed by atoms with Crippen molar-refractivity contribution in [1.29, 1.82) is 0 Å². The Morgan fingerprint density at radius 1 is 1.23 bits per heavy atom. The number of carbonyl (C=O) groups is 1. The summed E-state index contributed by atoms with van der Waals surface area (Å²) in [5.74, 6) is -1.14. The number of aromatic nitrogens is 2. The average Bonchev–Trinajstić information content (AvgIpc) is 3.31. The van der Waals surface area contributed by atoms with Crippen LogP contribution in [-0.4, -0.2) is 34.0 Å². The fourth-order valence-corrected chi connectivity index (χ4v) is 4.32. The van der Waals surface area contributed by atoms with E-state index in [0.717, 1.165) is 35.7 Å². The largest absolute Gasteiger partial charge is 0.449 e. The lowest BCUT2D eigenvalue weighted by Gasteiger charge is -2.21. The van der Waals surface area contributed by atoms with Gasteiger partial charge in [0.25, 0.3) is 5.91 Å². The molecule has 0 radical (unpaired) electrons. The summed E-state index contributed by atoms with van der Waals surface area (Å²) in [6, 6.07) is 7.83. The number of hydrogen-bond donors (Lipinski definition) is 3. The van der Waals surface area contributed by atoms with Gasteiger partial charge in [0.15, 0.2) is 0 Å². The van der Waals surface area contributed by atoms with E-state index in [9.17, 15) is 18.0 Å². The van der Waals surface area contributed by atoms with Crippen LogP contribution in [0.4, 0.5) is 13.2 Å². The second-order valence-electron chi connectivity index (χ2n) is 6.58. The summed E-state index contributed by atoms with van der Waals surface area (Å²) in [4.78, 5) is 18.7. The van der Waals surface area contributed by atoms with Crippen LogP contribution < -0.4 is 10.6 Å². The number of alkyl halides is 3. The van der Waals surface area contributed by atoms with Gasteiger partial charge in [0.1, 0.15) is 0 Å². The van der Waals surface area contributed by atoms with Crippen LogP contribution in [0.5, 0.6) is 0 Å². The zero-order chi connectivity index (χ0) is 18.3. The molecule has 4 rings (SSSR count). The molecular formula is C17H17F3N4OS. The molecule has 2 fully saturated rings. The molecule has 1 aromatic carbocycles. The predicted octanol–water partition coefficient (Wildman–Crippen LogP) is 3.20. The Kier molecular flexibility index (Phi) is 4.44. The molecule has 3 heterocycles. The van der Waals surface area contributed by atoms with Gasteiger partial charge in [0, 0.05) is 28.6 Å². The third-order valence-corrected chi connectivity index (χ3v) is 5.72. The summed E-state index contributed by atoms with van der Waals surface area (Å²) < 4.78 is 37.7. The van der Waals surface area contributed by atoms with Gasteiger partial charge in [-0.1, -0.05) is 11.8 Å². The molecule has 0 aliphatic carbocycles. The molecule has 3 atom stereocenters. The lowest BCUT2D eigenvalue weighted by Crippen LogP contribution is -2.42. The molecule has 5 nitrogen and oxygen atoms in total. The first-order valence-corrected chi connectivity index (χ1v) is 9.17. The fourth-order valence-electron chi connectivity index (χ4n) is 3.54. The first kappa shape index (κ1) is 17.4. The third kappa shape index (κ3) is 3.59. The van der Waals surface area contributed by atoms with Crippen LogP contribution in [0.3, 0.4) is 0 Å². The molecule has 2 aromatic rings. The summed E-state index contributed by atoms with van der Waals surface area (Å²) in [6.45, 7) is 0. The number of imidazole rings is 1. The van der Waals surface area contributed by atoms with Gasteiger partial charge < -0.3 is 15.6 Å². The summed E-state index contributed by atoms with van der Waals surface area (Å²) in [6.07, 6.45) is -0.112. The second kappa shape index (κ2) is 6.62. The van der Waals surface area contributed by atoms with Crippen LogP contribution in [0.2, 0.25) is 0 Å². The first-order valence-electron chi connectivity index (χ1n) is 8.35. The van der Waals surface area contributed by atoms with Gasteiger partial charge in [-0.2, -0.15) is 13.2 Å². The fraction of sp³-hybridized carbons (Fsp3) is 0.412. The molecule has 0 unspecified atom stereocenters. The Labute approximate surface area is 152 Å². The van der Waals surface area contributed by atoms with Gasteiger partial charge in [-0.05, 0) is 43.5 Å². The lowest BCUT2D eigenvalue weighted by atomic mass is 9.95. The van der Waals surface area contributed by atoms with Crippen LogP contribution in [0.1, 0.15) is 35.4 Å². The number of nitrogens with zero attached hydrogens (tertiary/aromatic N) is 1. The number of nitrogens with one attached hydrogen (secondary N) is 3. The molecule has 3 N–H and O–H groups in total. The minimum Gasteiger partial charge on any atom is -0.348 e. The standard InChI is InChI=1S/C17H17F3N4OS/c18-17(19,20)16-21-8-14(24-16)26-11-4-1-9(2-5-11)15(25)23-13-7-10-3-6-12(13)22-10/h1-2,4-5,8,10,12-13,22H,3,6-7H2,(H,21,24)(H,23,25)/t10-,12+,13-/m1/s1. The Balaban J connectivity index is 1.37. The highest BCUT2D eigenvalue weighted by Crippen LogP contribution is 2.32. The highest BCUT2D eigenvalue weighted by Gasteiger charge is 2.39. The van der Waals surface area contributed by atoms with Crippen LogP contribution in [-0.2, 0) is 6.18 Å². The van der Waals surface area contributed by atoms with Crippen LogP contribution in [0, 0.1) is 0 Å². The lowest BCUT2D eigenvalue weighted by molar-refractivity contribution is -0.144. The molecule has 26 heavy (non-hydrogen) atoms. The van der Waals surface area contributed by atoms with Gasteiger partial charge in [-0.25, -0.2) is 4.98 Å². The maximum absolute atomic E-state index is 12.6. The zero-order valence-electron chi connectivity index (χ0n) is 13.6. The van der Waals surface area contributed by atoms with Crippen molar-refractivity contribution in [3.8, 4) is 0 Å². The summed E-state index contributed by atoms with van der Waals surface area (Å²) in [7, 11) is 0. The molecule has 0 saturated carbocycles. The molecule has 2 bridgehead atoms. The summed E-state index contributed by atoms with van der Waals surface area (Å²) >= 11 is 1.13. The Hall–Kier alpha value is -2.00. The van der Waals surface area contributed by atoms with E-state index >= 15 is 0 Å². The molecule has 138 valence electrons. The first-order chi connectivity index (χ1) is 12.4. The minimum absolute atomic E-state index is 0.123. The third-order valence-electron chi connectivity index (χ3n) is 4.78. The minimum atomic E-state index is -4.49. The SMILES string of the molecule is O=C(N[C@@H]1C[C@H]2CC[C@@H]1N2)c1ccc(Sc2cnc(C(F)(F)F)[nH]2)cc1. The number of halogens is 3. The van der Waals surface area contributed by atoms with Crippen molar-refractivity contribution in [1.82, 2.24) is 20.6 Å². The molecule has 9 heteroatoms. The summed E-state index contributed by atoms with van der Waals surface area (Å²) in [5, 5.41) is 6.84. The Morgan fingerprint density at radius 3 is 2.58 bits per heavy atom. The van der Waals surface area contributed by atoms with Crippen molar-refractivity contribution in [2.24, 2.45) is 0 Å². The number of aromatic amines is 1. The van der Waals surface area contributed by atoms with Crippen LogP contribution in [0.25, 0.3) is 0 Å². The smallest absolute Gasteiger partial charge is 0.348 e. The number of benzene rings is 1. The number of H-pyrrole nitrogens is 1. The van der Waals surface area contributed by atoms with Crippen molar-refractivity contribution in [3.63, 3.8) is 0 Å². The predicted molar refractivity (Wildman–Crippen MR) is 90.0 cm³/mol. The molecule has 0 spiro atoms. The van der Waals surface area contributed by atoms with E-state index in [1.54, 1.807) is 24.3 Å². The van der Waals surface area contributed by atoms with E-state index in [1.165, 1.54) is 6.42 Å². The van der Waals surface area contributed by atoms with Crippen molar-refractivity contribution in [3.05, 3.63) is 41.9 Å². The van der Waals surface area contributed by atoms with Gasteiger partial charge in [-0.15, -0.1) is 0 Å². The van der Waals surface area contributed by atoms with E-state index in [-0.39, 0.29) is 11.9 Å². The monoisotopic (exact) mass is 382 g/mol. The van der Waals surface area contributed by atoms with Crippen LogP contribution >= 0.6 is 11.8 Å². The molecule has 2 aliphatic heterocycles. The van der Waals surface area contributed by atoms with Crippen molar-refractivity contribution < 1.29 is 18.0 Å². The maximum Gasteiger partial charge on any atom is 0.449 e. The van der Waals surface area contributed by atoms with E-state index in [2.05, 4.69) is 20.6 Å². The normalized spacial score (nSPS) is 24.8. The van der Waals surface area contributed by atoms with E-state index < -0.39 is 12.0 Å². The van der Waals surface area contributed by atoms with E-state index in [1.807, 2.05) is 0 Å².